The smallest absolute Gasteiger partial charge is 0.348 e. The molecule has 0 aliphatic rings. The second-order valence-electron chi connectivity index (χ2n) is 7.01. The van der Waals surface area contributed by atoms with Crippen molar-refractivity contribution in [1.82, 2.24) is 4.90 Å². The molecule has 1 N–H and O–H groups in total. The van der Waals surface area contributed by atoms with Gasteiger partial charge >= 0.3 is 5.97 Å². The van der Waals surface area contributed by atoms with Crippen LogP contribution in [0.25, 0.3) is 0 Å². The predicted octanol–water partition coefficient (Wildman–Crippen LogP) is 4.19. The molecule has 0 aliphatic carbocycles. The maximum absolute atomic E-state index is 13.3. The summed E-state index contributed by atoms with van der Waals surface area (Å²) in [7, 11) is 3.84. The van der Waals surface area contributed by atoms with Crippen LogP contribution in [0.15, 0.2) is 91.0 Å². The van der Waals surface area contributed by atoms with E-state index in [0.29, 0.717) is 17.7 Å². The van der Waals surface area contributed by atoms with E-state index < -0.39 is 17.7 Å². The van der Waals surface area contributed by atoms with Gasteiger partial charge < -0.3 is 14.7 Å². The fraction of sp³-hybridized carbons (Fsp3) is 0.208. The Morgan fingerprint density at radius 3 is 1.69 bits per heavy atom. The highest BCUT2D eigenvalue weighted by atomic mass is 35.5. The van der Waals surface area contributed by atoms with Crippen molar-refractivity contribution in [2.45, 2.75) is 11.7 Å². The average molecular weight is 412 g/mol. The number of rotatable bonds is 7. The van der Waals surface area contributed by atoms with E-state index in [2.05, 4.69) is 0 Å². The van der Waals surface area contributed by atoms with Crippen LogP contribution in [0.1, 0.15) is 22.8 Å². The lowest BCUT2D eigenvalue weighted by atomic mass is 9.86. The zero-order valence-corrected chi connectivity index (χ0v) is 17.4. The van der Waals surface area contributed by atoms with Gasteiger partial charge in [0, 0.05) is 6.54 Å². The molecule has 0 aliphatic heterocycles. The fourth-order valence-corrected chi connectivity index (χ4v) is 3.19. The molecule has 0 aromatic heterocycles. The van der Waals surface area contributed by atoms with Crippen LogP contribution in [-0.4, -0.2) is 36.6 Å². The summed E-state index contributed by atoms with van der Waals surface area (Å²) in [6.45, 7) is 0.509. The van der Waals surface area contributed by atoms with E-state index in [9.17, 15) is 9.90 Å². The van der Waals surface area contributed by atoms with Gasteiger partial charge in [0.2, 0.25) is 5.60 Å². The zero-order chi connectivity index (χ0) is 20.0. The molecule has 152 valence electrons. The summed E-state index contributed by atoms with van der Waals surface area (Å²) in [5.74, 6) is -0.694. The number of carbonyl (C=O) groups is 1. The third-order valence-corrected chi connectivity index (χ3v) is 4.63. The molecule has 0 saturated heterocycles. The second-order valence-corrected chi connectivity index (χ2v) is 7.01. The van der Waals surface area contributed by atoms with Crippen LogP contribution in [0.4, 0.5) is 0 Å². The molecular formula is C24H26ClNO3. The molecule has 3 aromatic rings. The van der Waals surface area contributed by atoms with Gasteiger partial charge in [-0.25, -0.2) is 4.79 Å². The minimum absolute atomic E-state index is 0. The molecule has 3 aromatic carbocycles. The molecule has 5 heteroatoms. The molecule has 1 atom stereocenters. The molecule has 0 spiro atoms. The Bertz CT molecular complexity index is 846. The van der Waals surface area contributed by atoms with Gasteiger partial charge in [-0.15, -0.1) is 12.4 Å². The molecule has 0 fully saturated rings. The van der Waals surface area contributed by atoms with Crippen molar-refractivity contribution in [2.75, 3.05) is 20.6 Å². The molecule has 0 saturated carbocycles. The van der Waals surface area contributed by atoms with Crippen molar-refractivity contribution in [1.29, 1.82) is 0 Å². The lowest BCUT2D eigenvalue weighted by Crippen LogP contribution is -2.40. The normalized spacial score (nSPS) is 12.1. The van der Waals surface area contributed by atoms with Gasteiger partial charge in [-0.3, -0.25) is 0 Å². The Balaban J connectivity index is 0.00000300. The lowest BCUT2D eigenvalue weighted by molar-refractivity contribution is -0.169. The van der Waals surface area contributed by atoms with Crippen LogP contribution in [0.2, 0.25) is 0 Å². The Hall–Kier alpha value is -2.66. The quantitative estimate of drug-likeness (QED) is 0.592. The van der Waals surface area contributed by atoms with Crippen LogP contribution in [0.3, 0.4) is 0 Å². The van der Waals surface area contributed by atoms with E-state index >= 15 is 0 Å². The Morgan fingerprint density at radius 1 is 0.862 bits per heavy atom. The third kappa shape index (κ3) is 5.24. The number of nitrogens with zero attached hydrogens (tertiary/aromatic N) is 1. The second kappa shape index (κ2) is 10.2. The van der Waals surface area contributed by atoms with E-state index in [4.69, 9.17) is 4.74 Å². The summed E-state index contributed by atoms with van der Waals surface area (Å²) in [4.78, 5) is 15.3. The fourth-order valence-electron chi connectivity index (χ4n) is 3.19. The topological polar surface area (TPSA) is 49.8 Å². The molecule has 3 rings (SSSR count). The predicted molar refractivity (Wildman–Crippen MR) is 117 cm³/mol. The van der Waals surface area contributed by atoms with Crippen LogP contribution < -0.4 is 0 Å². The summed E-state index contributed by atoms with van der Waals surface area (Å²) < 4.78 is 5.89. The number of benzene rings is 3. The highest BCUT2D eigenvalue weighted by molar-refractivity contribution is 5.86. The molecule has 1 unspecified atom stereocenters. The van der Waals surface area contributed by atoms with E-state index in [0.717, 1.165) is 5.56 Å². The summed E-state index contributed by atoms with van der Waals surface area (Å²) in [6.07, 6.45) is -0.498. The van der Waals surface area contributed by atoms with Crippen molar-refractivity contribution < 1.29 is 14.6 Å². The molecule has 0 heterocycles. The largest absolute Gasteiger partial charge is 0.453 e. The SMILES string of the molecule is CN(C)CC(OC(=O)C(O)(c1ccccc1)c1ccccc1)c1ccccc1.Cl. The van der Waals surface area contributed by atoms with Crippen LogP contribution >= 0.6 is 12.4 Å². The Labute approximate surface area is 178 Å². The number of hydrogen-bond donors (Lipinski definition) is 1. The summed E-state index contributed by atoms with van der Waals surface area (Å²) in [5, 5.41) is 11.6. The first kappa shape index (κ1) is 22.6. The lowest BCUT2D eigenvalue weighted by Gasteiger charge is -2.30. The minimum atomic E-state index is -1.89. The number of halogens is 1. The highest BCUT2D eigenvalue weighted by Gasteiger charge is 2.42. The first-order valence-electron chi connectivity index (χ1n) is 9.26. The molecule has 4 nitrogen and oxygen atoms in total. The van der Waals surface area contributed by atoms with Crippen LogP contribution in [-0.2, 0) is 15.1 Å². The van der Waals surface area contributed by atoms with E-state index in [1.165, 1.54) is 0 Å². The number of ether oxygens (including phenoxy) is 1. The number of aliphatic hydroxyl groups is 1. The standard InChI is InChI=1S/C24H25NO3.ClH/c1-25(2)18-22(19-12-6-3-7-13-19)28-23(26)24(27,20-14-8-4-9-15-20)21-16-10-5-11-17-21;/h3-17,22,27H,18H2,1-2H3;1H. The minimum Gasteiger partial charge on any atom is -0.453 e. The number of likely N-dealkylation sites (N-methyl/N-ethyl adjacent to an activating group) is 1. The molecule has 0 bridgehead atoms. The number of esters is 1. The monoisotopic (exact) mass is 411 g/mol. The summed E-state index contributed by atoms with van der Waals surface area (Å²) >= 11 is 0. The van der Waals surface area contributed by atoms with Crippen molar-refractivity contribution in [3.8, 4) is 0 Å². The van der Waals surface area contributed by atoms with Crippen molar-refractivity contribution in [3.63, 3.8) is 0 Å². The van der Waals surface area contributed by atoms with E-state index in [-0.39, 0.29) is 12.4 Å². The van der Waals surface area contributed by atoms with Crippen molar-refractivity contribution >= 4 is 18.4 Å². The van der Waals surface area contributed by atoms with Gasteiger partial charge in [0.1, 0.15) is 6.10 Å². The van der Waals surface area contributed by atoms with Crippen molar-refractivity contribution in [3.05, 3.63) is 108 Å². The van der Waals surface area contributed by atoms with Gasteiger partial charge in [0.25, 0.3) is 0 Å². The summed E-state index contributed by atoms with van der Waals surface area (Å²) in [6, 6.07) is 27.4. The van der Waals surface area contributed by atoms with Gasteiger partial charge in [0.15, 0.2) is 0 Å². The first-order chi connectivity index (χ1) is 13.5. The summed E-state index contributed by atoms with van der Waals surface area (Å²) in [5.41, 5.74) is -0.0549. The van der Waals surface area contributed by atoms with Gasteiger partial charge in [-0.1, -0.05) is 91.0 Å². The Kier molecular flexibility index (Phi) is 7.97. The number of hydrogen-bond acceptors (Lipinski definition) is 4. The molecule has 0 radical (unpaired) electrons. The highest BCUT2D eigenvalue weighted by Crippen LogP contribution is 2.33. The third-order valence-electron chi connectivity index (χ3n) is 4.63. The van der Waals surface area contributed by atoms with E-state index in [1.807, 2.05) is 61.5 Å². The van der Waals surface area contributed by atoms with Gasteiger partial charge in [0.05, 0.1) is 0 Å². The Morgan fingerprint density at radius 2 is 1.28 bits per heavy atom. The van der Waals surface area contributed by atoms with Gasteiger partial charge in [-0.2, -0.15) is 0 Å². The molecule has 0 amide bonds. The van der Waals surface area contributed by atoms with Crippen LogP contribution in [0, 0.1) is 0 Å². The average Bonchev–Trinajstić information content (AvgIpc) is 2.74. The van der Waals surface area contributed by atoms with Crippen molar-refractivity contribution in [2.24, 2.45) is 0 Å². The number of carbonyl (C=O) groups excluding carboxylic acids is 1. The van der Waals surface area contributed by atoms with Crippen LogP contribution in [0.5, 0.6) is 0 Å². The van der Waals surface area contributed by atoms with Gasteiger partial charge in [-0.05, 0) is 30.8 Å². The maximum atomic E-state index is 13.3. The first-order valence-corrected chi connectivity index (χ1v) is 9.26. The van der Waals surface area contributed by atoms with E-state index in [1.54, 1.807) is 48.5 Å². The zero-order valence-electron chi connectivity index (χ0n) is 16.6. The molecular weight excluding hydrogens is 386 g/mol. The molecule has 29 heavy (non-hydrogen) atoms. The maximum Gasteiger partial charge on any atom is 0.348 e.